The molecule has 4 heteroatoms. The molecule has 1 aromatic carbocycles. The summed E-state index contributed by atoms with van der Waals surface area (Å²) in [5, 5.41) is 13.5. The van der Waals surface area contributed by atoms with E-state index >= 15 is 0 Å². The molecule has 1 aliphatic heterocycles. The van der Waals surface area contributed by atoms with E-state index in [4.69, 9.17) is 0 Å². The Hall–Kier alpha value is -0.580. The monoisotopic (exact) mass is 269 g/mol. The van der Waals surface area contributed by atoms with Crippen LogP contribution in [0.2, 0.25) is 0 Å². The molecule has 2 N–H and O–H groups in total. The Morgan fingerprint density at radius 1 is 1.50 bits per heavy atom. The van der Waals surface area contributed by atoms with E-state index < -0.39 is 5.60 Å². The second-order valence-corrected chi connectivity index (χ2v) is 6.21. The third-order valence-electron chi connectivity index (χ3n) is 3.35. The molecule has 2 nitrogen and oxygen atoms in total. The van der Waals surface area contributed by atoms with Crippen LogP contribution in [0.1, 0.15) is 18.9 Å². The summed E-state index contributed by atoms with van der Waals surface area (Å²) < 4.78 is 13.5. The first-order chi connectivity index (χ1) is 8.59. The summed E-state index contributed by atoms with van der Waals surface area (Å²) in [6, 6.07) is 7.02. The third kappa shape index (κ3) is 3.70. The lowest BCUT2D eigenvalue weighted by Crippen LogP contribution is -2.44. The predicted molar refractivity (Wildman–Crippen MR) is 74.5 cm³/mol. The summed E-state index contributed by atoms with van der Waals surface area (Å²) in [5.41, 5.74) is 0.152. The molecule has 0 spiro atoms. The van der Waals surface area contributed by atoms with Crippen LogP contribution in [0, 0.1) is 5.82 Å². The Morgan fingerprint density at radius 2 is 2.28 bits per heavy atom. The standard InChI is InChI=1S/C14H20FNOS/c1-11(8-12-4-2-3-5-13(12)15)16-9-14(17)6-7-18-10-14/h2-5,11,16-17H,6-10H2,1H3/t11-,14-/m1/s1. The zero-order chi connectivity index (χ0) is 13.0. The zero-order valence-electron chi connectivity index (χ0n) is 10.7. The van der Waals surface area contributed by atoms with Crippen molar-refractivity contribution >= 4 is 11.8 Å². The highest BCUT2D eigenvalue weighted by Crippen LogP contribution is 2.27. The maximum absolute atomic E-state index is 13.5. The Labute approximate surface area is 112 Å². The van der Waals surface area contributed by atoms with Crippen molar-refractivity contribution in [2.75, 3.05) is 18.1 Å². The molecule has 2 atom stereocenters. The van der Waals surface area contributed by atoms with Gasteiger partial charge in [-0.15, -0.1) is 0 Å². The van der Waals surface area contributed by atoms with E-state index in [0.29, 0.717) is 13.0 Å². The van der Waals surface area contributed by atoms with Crippen LogP contribution in [-0.4, -0.2) is 34.8 Å². The smallest absolute Gasteiger partial charge is 0.126 e. The Kier molecular flexibility index (Phi) is 4.65. The zero-order valence-corrected chi connectivity index (χ0v) is 11.5. The van der Waals surface area contributed by atoms with Crippen molar-refractivity contribution in [1.29, 1.82) is 0 Å². The quantitative estimate of drug-likeness (QED) is 0.859. The van der Waals surface area contributed by atoms with E-state index in [0.717, 1.165) is 23.5 Å². The number of aliphatic hydroxyl groups is 1. The maximum atomic E-state index is 13.5. The van der Waals surface area contributed by atoms with E-state index in [-0.39, 0.29) is 11.9 Å². The highest BCUT2D eigenvalue weighted by atomic mass is 32.2. The fraction of sp³-hybridized carbons (Fsp3) is 0.571. The van der Waals surface area contributed by atoms with Gasteiger partial charge in [0.25, 0.3) is 0 Å². The van der Waals surface area contributed by atoms with Gasteiger partial charge in [0.05, 0.1) is 5.60 Å². The maximum Gasteiger partial charge on any atom is 0.126 e. The Morgan fingerprint density at radius 3 is 2.94 bits per heavy atom. The molecule has 100 valence electrons. The topological polar surface area (TPSA) is 32.3 Å². The van der Waals surface area contributed by atoms with Gasteiger partial charge in [-0.25, -0.2) is 4.39 Å². The largest absolute Gasteiger partial charge is 0.388 e. The van der Waals surface area contributed by atoms with Gasteiger partial charge in [-0.05, 0) is 37.1 Å². The van der Waals surface area contributed by atoms with Crippen molar-refractivity contribution in [1.82, 2.24) is 5.32 Å². The second kappa shape index (κ2) is 6.04. The summed E-state index contributed by atoms with van der Waals surface area (Å²) in [6.07, 6.45) is 1.49. The van der Waals surface area contributed by atoms with Crippen molar-refractivity contribution in [3.05, 3.63) is 35.6 Å². The van der Waals surface area contributed by atoms with Crippen LogP contribution in [0.3, 0.4) is 0 Å². The molecule has 18 heavy (non-hydrogen) atoms. The number of hydrogen-bond acceptors (Lipinski definition) is 3. The molecule has 0 aromatic heterocycles. The van der Waals surface area contributed by atoms with Gasteiger partial charge in [0.15, 0.2) is 0 Å². The van der Waals surface area contributed by atoms with Gasteiger partial charge in [-0.3, -0.25) is 0 Å². The van der Waals surface area contributed by atoms with E-state index in [1.54, 1.807) is 17.8 Å². The summed E-state index contributed by atoms with van der Waals surface area (Å²) >= 11 is 1.79. The molecule has 0 radical (unpaired) electrons. The molecular weight excluding hydrogens is 249 g/mol. The number of rotatable bonds is 5. The van der Waals surface area contributed by atoms with Gasteiger partial charge in [-0.2, -0.15) is 11.8 Å². The first-order valence-electron chi connectivity index (χ1n) is 6.36. The van der Waals surface area contributed by atoms with Gasteiger partial charge in [0, 0.05) is 18.3 Å². The lowest BCUT2D eigenvalue weighted by Gasteiger charge is -2.24. The van der Waals surface area contributed by atoms with Gasteiger partial charge in [0.1, 0.15) is 5.82 Å². The molecule has 0 unspecified atom stereocenters. The number of halogens is 1. The number of nitrogens with one attached hydrogen (secondary N) is 1. The molecule has 2 rings (SSSR count). The van der Waals surface area contributed by atoms with Crippen LogP contribution in [-0.2, 0) is 6.42 Å². The summed E-state index contributed by atoms with van der Waals surface area (Å²) in [5.74, 6) is 1.67. The molecule has 0 bridgehead atoms. The average Bonchev–Trinajstić information content (AvgIpc) is 2.77. The first-order valence-corrected chi connectivity index (χ1v) is 7.51. The number of hydrogen-bond donors (Lipinski definition) is 2. The van der Waals surface area contributed by atoms with Gasteiger partial charge < -0.3 is 10.4 Å². The molecule has 1 saturated heterocycles. The lowest BCUT2D eigenvalue weighted by atomic mass is 10.0. The fourth-order valence-electron chi connectivity index (χ4n) is 2.17. The molecule has 0 saturated carbocycles. The molecule has 1 heterocycles. The van der Waals surface area contributed by atoms with Gasteiger partial charge in [0.2, 0.25) is 0 Å². The molecule has 0 aliphatic carbocycles. The van der Waals surface area contributed by atoms with E-state index in [2.05, 4.69) is 5.32 Å². The van der Waals surface area contributed by atoms with Crippen molar-refractivity contribution in [2.24, 2.45) is 0 Å². The third-order valence-corrected chi connectivity index (χ3v) is 4.58. The SMILES string of the molecule is C[C@H](Cc1ccccc1F)NC[C@]1(O)CCSC1. The minimum absolute atomic E-state index is 0.152. The van der Waals surface area contributed by atoms with Gasteiger partial charge in [-0.1, -0.05) is 18.2 Å². The fourth-order valence-corrected chi connectivity index (χ4v) is 3.46. The predicted octanol–water partition coefficient (Wildman–Crippen LogP) is 2.21. The summed E-state index contributed by atoms with van der Waals surface area (Å²) in [6.45, 7) is 2.62. The van der Waals surface area contributed by atoms with E-state index in [1.165, 1.54) is 6.07 Å². The Bertz CT molecular complexity index is 393. The molecule has 0 amide bonds. The van der Waals surface area contributed by atoms with E-state index in [9.17, 15) is 9.50 Å². The molecule has 1 aliphatic rings. The normalized spacial score (nSPS) is 25.3. The highest BCUT2D eigenvalue weighted by Gasteiger charge is 2.31. The van der Waals surface area contributed by atoms with Crippen molar-refractivity contribution < 1.29 is 9.50 Å². The minimum atomic E-state index is -0.575. The minimum Gasteiger partial charge on any atom is -0.388 e. The number of benzene rings is 1. The summed E-state index contributed by atoms with van der Waals surface area (Å²) in [7, 11) is 0. The summed E-state index contributed by atoms with van der Waals surface area (Å²) in [4.78, 5) is 0. The highest BCUT2D eigenvalue weighted by molar-refractivity contribution is 7.99. The van der Waals surface area contributed by atoms with Crippen molar-refractivity contribution in [2.45, 2.75) is 31.4 Å². The van der Waals surface area contributed by atoms with Crippen LogP contribution < -0.4 is 5.32 Å². The molecule has 1 fully saturated rings. The van der Waals surface area contributed by atoms with Crippen molar-refractivity contribution in [3.8, 4) is 0 Å². The average molecular weight is 269 g/mol. The lowest BCUT2D eigenvalue weighted by molar-refractivity contribution is 0.0651. The Balaban J connectivity index is 1.82. The van der Waals surface area contributed by atoms with Gasteiger partial charge >= 0.3 is 0 Å². The molecule has 1 aromatic rings. The van der Waals surface area contributed by atoms with Crippen molar-refractivity contribution in [3.63, 3.8) is 0 Å². The van der Waals surface area contributed by atoms with E-state index in [1.807, 2.05) is 19.1 Å². The van der Waals surface area contributed by atoms with Crippen LogP contribution in [0.4, 0.5) is 4.39 Å². The van der Waals surface area contributed by atoms with Crippen LogP contribution >= 0.6 is 11.8 Å². The van der Waals surface area contributed by atoms with Crippen LogP contribution in [0.25, 0.3) is 0 Å². The van der Waals surface area contributed by atoms with Crippen LogP contribution in [0.5, 0.6) is 0 Å². The van der Waals surface area contributed by atoms with Crippen LogP contribution in [0.15, 0.2) is 24.3 Å². The molecular formula is C14H20FNOS. The second-order valence-electron chi connectivity index (χ2n) is 5.10. The number of thioether (sulfide) groups is 1. The first kappa shape index (κ1) is 13.8.